The van der Waals surface area contributed by atoms with Crippen molar-refractivity contribution in [3.05, 3.63) is 100 Å². The molecule has 3 aromatic rings. The molecule has 0 spiro atoms. The van der Waals surface area contributed by atoms with Crippen LogP contribution in [0.15, 0.2) is 72.8 Å². The molecule has 0 aromatic heterocycles. The molecule has 0 radical (unpaired) electrons. The van der Waals surface area contributed by atoms with Gasteiger partial charge in [-0.2, -0.15) is 0 Å². The molecule has 0 N–H and O–H groups in total. The first-order valence-corrected chi connectivity index (χ1v) is 8.98. The molecule has 0 aliphatic rings. The summed E-state index contributed by atoms with van der Waals surface area (Å²) >= 11 is 5.94. The highest BCUT2D eigenvalue weighted by molar-refractivity contribution is 6.32. The third-order valence-corrected chi connectivity index (χ3v) is 4.39. The van der Waals surface area contributed by atoms with Crippen molar-refractivity contribution in [2.45, 2.75) is 0 Å². The zero-order valence-electron chi connectivity index (χ0n) is 15.4. The lowest BCUT2D eigenvalue weighted by molar-refractivity contribution is 0.0734. The van der Waals surface area contributed by atoms with E-state index in [1.807, 2.05) is 0 Å². The minimum Gasteiger partial charge on any atom is -0.497 e. The van der Waals surface area contributed by atoms with Crippen molar-refractivity contribution in [1.29, 1.82) is 0 Å². The van der Waals surface area contributed by atoms with Gasteiger partial charge >= 0.3 is 5.97 Å². The average molecular weight is 411 g/mol. The number of ketones is 1. The molecule has 29 heavy (non-hydrogen) atoms. The monoisotopic (exact) mass is 410 g/mol. The van der Waals surface area contributed by atoms with Crippen LogP contribution in [-0.2, 0) is 0 Å². The maximum Gasteiger partial charge on any atom is 0.343 e. The van der Waals surface area contributed by atoms with Gasteiger partial charge in [0, 0.05) is 11.1 Å². The van der Waals surface area contributed by atoms with Crippen LogP contribution in [0.1, 0.15) is 26.3 Å². The molecule has 0 fully saturated rings. The van der Waals surface area contributed by atoms with Gasteiger partial charge in [-0.1, -0.05) is 23.7 Å². The first-order valence-electron chi connectivity index (χ1n) is 8.60. The highest BCUT2D eigenvalue weighted by Crippen LogP contribution is 2.21. The second-order valence-corrected chi connectivity index (χ2v) is 6.39. The number of hydrogen-bond donors (Lipinski definition) is 0. The van der Waals surface area contributed by atoms with Crippen LogP contribution >= 0.6 is 11.6 Å². The summed E-state index contributed by atoms with van der Waals surface area (Å²) in [4.78, 5) is 24.5. The van der Waals surface area contributed by atoms with Gasteiger partial charge in [0.25, 0.3) is 0 Å². The predicted octanol–water partition coefficient (Wildman–Crippen LogP) is 5.60. The van der Waals surface area contributed by atoms with Crippen molar-refractivity contribution < 1.29 is 23.5 Å². The Kier molecular flexibility index (Phi) is 6.42. The number of benzene rings is 3. The number of methoxy groups -OCH3 is 1. The average Bonchev–Trinajstić information content (AvgIpc) is 2.73. The summed E-state index contributed by atoms with van der Waals surface area (Å²) in [7, 11) is 1.51. The van der Waals surface area contributed by atoms with Crippen molar-refractivity contribution in [3.63, 3.8) is 0 Å². The highest BCUT2D eigenvalue weighted by Gasteiger charge is 2.11. The molecule has 0 atom stereocenters. The number of allylic oxidation sites excluding steroid dienone is 1. The number of rotatable bonds is 6. The topological polar surface area (TPSA) is 52.6 Å². The molecule has 146 valence electrons. The molecule has 0 aliphatic carbocycles. The maximum absolute atomic E-state index is 13.8. The van der Waals surface area contributed by atoms with Gasteiger partial charge in [-0.05, 0) is 66.7 Å². The number of hydrogen-bond acceptors (Lipinski definition) is 4. The molecule has 3 aromatic carbocycles. The molecular weight excluding hydrogens is 395 g/mol. The zero-order valence-corrected chi connectivity index (χ0v) is 16.2. The quantitative estimate of drug-likeness (QED) is 0.229. The fourth-order valence-electron chi connectivity index (χ4n) is 2.53. The van der Waals surface area contributed by atoms with Crippen molar-refractivity contribution in [1.82, 2.24) is 0 Å². The predicted molar refractivity (Wildman–Crippen MR) is 109 cm³/mol. The summed E-state index contributed by atoms with van der Waals surface area (Å²) in [6.07, 6.45) is 2.57. The van der Waals surface area contributed by atoms with Gasteiger partial charge in [0.15, 0.2) is 5.78 Å². The second-order valence-electron chi connectivity index (χ2n) is 5.98. The van der Waals surface area contributed by atoms with E-state index >= 15 is 0 Å². The van der Waals surface area contributed by atoms with Gasteiger partial charge in [-0.15, -0.1) is 0 Å². The molecule has 3 rings (SSSR count). The van der Waals surface area contributed by atoms with E-state index in [1.165, 1.54) is 55.7 Å². The van der Waals surface area contributed by atoms with Crippen LogP contribution in [0.2, 0.25) is 5.02 Å². The Bertz CT molecular complexity index is 1050. The van der Waals surface area contributed by atoms with Crippen LogP contribution in [0.4, 0.5) is 4.39 Å². The number of ether oxygens (including phenoxy) is 2. The Morgan fingerprint density at radius 2 is 1.66 bits per heavy atom. The number of halogens is 2. The Morgan fingerprint density at radius 3 is 2.34 bits per heavy atom. The summed E-state index contributed by atoms with van der Waals surface area (Å²) < 4.78 is 24.2. The normalized spacial score (nSPS) is 10.7. The van der Waals surface area contributed by atoms with Crippen molar-refractivity contribution in [2.75, 3.05) is 7.11 Å². The third-order valence-electron chi connectivity index (χ3n) is 4.06. The van der Waals surface area contributed by atoms with Gasteiger partial charge in [0.2, 0.25) is 0 Å². The van der Waals surface area contributed by atoms with Crippen LogP contribution in [0.25, 0.3) is 6.08 Å². The van der Waals surface area contributed by atoms with E-state index in [-0.39, 0.29) is 22.1 Å². The Hall–Kier alpha value is -3.44. The van der Waals surface area contributed by atoms with Gasteiger partial charge in [0.05, 0.1) is 17.7 Å². The minimum atomic E-state index is -0.544. The minimum absolute atomic E-state index is 0.145. The number of carbonyl (C=O) groups excluding carboxylic acids is 2. The van der Waals surface area contributed by atoms with Crippen molar-refractivity contribution in [2.24, 2.45) is 0 Å². The smallest absolute Gasteiger partial charge is 0.343 e. The Morgan fingerprint density at radius 1 is 0.931 bits per heavy atom. The fraction of sp³-hybridized carbons (Fsp3) is 0.0435. The fourth-order valence-corrected chi connectivity index (χ4v) is 2.75. The molecule has 4 nitrogen and oxygen atoms in total. The first-order chi connectivity index (χ1) is 14.0. The van der Waals surface area contributed by atoms with Gasteiger partial charge < -0.3 is 9.47 Å². The van der Waals surface area contributed by atoms with Crippen LogP contribution in [0.5, 0.6) is 11.5 Å². The Labute approximate surface area is 172 Å². The van der Waals surface area contributed by atoms with Crippen LogP contribution in [0.3, 0.4) is 0 Å². The van der Waals surface area contributed by atoms with E-state index in [9.17, 15) is 14.0 Å². The summed E-state index contributed by atoms with van der Waals surface area (Å²) in [5.74, 6) is -0.564. The molecule has 0 unspecified atom stereocenters. The van der Waals surface area contributed by atoms with E-state index in [4.69, 9.17) is 21.1 Å². The lowest BCUT2D eigenvalue weighted by atomic mass is 10.1. The van der Waals surface area contributed by atoms with E-state index in [0.29, 0.717) is 16.9 Å². The lowest BCUT2D eigenvalue weighted by Crippen LogP contribution is -2.08. The summed E-state index contributed by atoms with van der Waals surface area (Å²) in [6.45, 7) is 0. The van der Waals surface area contributed by atoms with E-state index in [2.05, 4.69) is 0 Å². The molecule has 0 bridgehead atoms. The summed E-state index contributed by atoms with van der Waals surface area (Å²) in [6, 6.07) is 16.9. The van der Waals surface area contributed by atoms with Gasteiger partial charge in [-0.25, -0.2) is 9.18 Å². The van der Waals surface area contributed by atoms with Gasteiger partial charge in [0.1, 0.15) is 17.3 Å². The molecule has 0 amide bonds. The van der Waals surface area contributed by atoms with Gasteiger partial charge in [-0.3, -0.25) is 4.79 Å². The molecule has 0 saturated carbocycles. The molecule has 0 heterocycles. The molecular formula is C23H16ClFO4. The van der Waals surface area contributed by atoms with Crippen LogP contribution in [0, 0.1) is 5.82 Å². The molecule has 0 saturated heterocycles. The lowest BCUT2D eigenvalue weighted by Gasteiger charge is -2.06. The van der Waals surface area contributed by atoms with Crippen molar-refractivity contribution >= 4 is 29.4 Å². The van der Waals surface area contributed by atoms with Crippen LogP contribution < -0.4 is 9.47 Å². The second kappa shape index (κ2) is 9.17. The molecule has 0 aliphatic heterocycles. The summed E-state index contributed by atoms with van der Waals surface area (Å²) in [5.41, 5.74) is 0.843. The first kappa shape index (κ1) is 20.3. The van der Waals surface area contributed by atoms with E-state index in [0.717, 1.165) is 0 Å². The summed E-state index contributed by atoms with van der Waals surface area (Å²) in [5, 5.41) is 0.217. The third kappa shape index (κ3) is 5.09. The molecule has 6 heteroatoms. The standard InChI is InChI=1S/C23H16ClFO4/c1-28-18-5-2-4-16(14-18)23(27)29-17-10-8-15(9-11-17)22(26)13-12-19-20(24)6-3-7-21(19)25/h2-14H,1H3/b13-12+. The Balaban J connectivity index is 1.68. The van der Waals surface area contributed by atoms with Crippen LogP contribution in [-0.4, -0.2) is 18.9 Å². The largest absolute Gasteiger partial charge is 0.497 e. The highest BCUT2D eigenvalue weighted by atomic mass is 35.5. The zero-order chi connectivity index (χ0) is 20.8. The number of carbonyl (C=O) groups is 2. The van der Waals surface area contributed by atoms with E-state index in [1.54, 1.807) is 30.3 Å². The maximum atomic E-state index is 13.8. The number of esters is 1. The SMILES string of the molecule is COc1cccc(C(=O)Oc2ccc(C(=O)/C=C/c3c(F)cccc3Cl)cc2)c1. The van der Waals surface area contributed by atoms with Crippen molar-refractivity contribution in [3.8, 4) is 11.5 Å². The van der Waals surface area contributed by atoms with E-state index < -0.39 is 11.8 Å².